The summed E-state index contributed by atoms with van der Waals surface area (Å²) >= 11 is 0. The lowest BCUT2D eigenvalue weighted by atomic mass is 10.1. The van der Waals surface area contributed by atoms with Crippen molar-refractivity contribution in [2.75, 3.05) is 55.7 Å². The fraction of sp³-hybridized carbons (Fsp3) is 0.970. The number of ether oxygens (including phenoxy) is 6. The van der Waals surface area contributed by atoms with E-state index in [-0.39, 0.29) is 6.03 Å². The van der Waals surface area contributed by atoms with Crippen LogP contribution in [0.25, 0.3) is 0 Å². The molecule has 0 atom stereocenters. The molecule has 9 heteroatoms. The predicted octanol–water partition coefficient (Wildman–Crippen LogP) is 8.05. The zero-order valence-corrected chi connectivity index (χ0v) is 28.3. The van der Waals surface area contributed by atoms with E-state index < -0.39 is 11.9 Å². The van der Waals surface area contributed by atoms with Gasteiger partial charge in [0.05, 0.1) is 0 Å². The van der Waals surface area contributed by atoms with Crippen LogP contribution in [0.4, 0.5) is 4.79 Å². The minimum Gasteiger partial charge on any atom is -0.338 e. The van der Waals surface area contributed by atoms with Gasteiger partial charge in [-0.05, 0) is 25.7 Å². The van der Waals surface area contributed by atoms with Crippen molar-refractivity contribution in [1.82, 2.24) is 10.6 Å². The highest BCUT2D eigenvalue weighted by Crippen LogP contribution is 2.22. The number of hydrogen-bond acceptors (Lipinski definition) is 7. The monoisotopic (exact) mass is 605 g/mol. The van der Waals surface area contributed by atoms with Gasteiger partial charge in [0.1, 0.15) is 0 Å². The number of hydrogen-bond donors (Lipinski definition) is 2. The zero-order chi connectivity index (χ0) is 31.2. The summed E-state index contributed by atoms with van der Waals surface area (Å²) in [6.07, 6.45) is 25.7. The van der Waals surface area contributed by atoms with Crippen LogP contribution < -0.4 is 10.6 Å². The van der Waals surface area contributed by atoms with Crippen molar-refractivity contribution >= 4 is 6.03 Å². The molecule has 2 amide bonds. The predicted molar refractivity (Wildman–Crippen MR) is 170 cm³/mol. The highest BCUT2D eigenvalue weighted by molar-refractivity contribution is 5.73. The lowest BCUT2D eigenvalue weighted by Gasteiger charge is -2.28. The molecule has 0 saturated carbocycles. The van der Waals surface area contributed by atoms with Crippen LogP contribution in [0.2, 0.25) is 0 Å². The first-order valence-corrected chi connectivity index (χ1v) is 16.8. The Morgan fingerprint density at radius 1 is 0.381 bits per heavy atom. The number of amides is 2. The summed E-state index contributed by atoms with van der Waals surface area (Å²) < 4.78 is 32.0. The molecule has 0 radical (unpaired) electrons. The van der Waals surface area contributed by atoms with Crippen LogP contribution in [0.1, 0.15) is 141 Å². The molecule has 0 saturated heterocycles. The van der Waals surface area contributed by atoms with E-state index in [1.165, 1.54) is 103 Å². The molecular weight excluding hydrogens is 536 g/mol. The summed E-state index contributed by atoms with van der Waals surface area (Å²) in [5.74, 6) is -1.76. The number of carbonyl (C=O) groups is 1. The van der Waals surface area contributed by atoms with Crippen LogP contribution >= 0.6 is 0 Å². The second-order valence-electron chi connectivity index (χ2n) is 11.3. The van der Waals surface area contributed by atoms with Crippen LogP contribution in [-0.2, 0) is 28.4 Å². The quantitative estimate of drug-likeness (QED) is 0.0592. The van der Waals surface area contributed by atoms with Crippen molar-refractivity contribution in [2.45, 2.75) is 153 Å². The Kier molecular flexibility index (Phi) is 28.1. The molecule has 0 aromatic heterocycles. The van der Waals surface area contributed by atoms with Crippen molar-refractivity contribution in [3.63, 3.8) is 0 Å². The average Bonchev–Trinajstić information content (AvgIpc) is 3.02. The van der Waals surface area contributed by atoms with Crippen LogP contribution in [0.3, 0.4) is 0 Å². The van der Waals surface area contributed by atoms with Crippen LogP contribution in [-0.4, -0.2) is 73.7 Å². The second-order valence-corrected chi connectivity index (χ2v) is 11.3. The third-order valence-electron chi connectivity index (χ3n) is 8.26. The first-order valence-electron chi connectivity index (χ1n) is 16.8. The van der Waals surface area contributed by atoms with E-state index in [0.29, 0.717) is 0 Å². The lowest BCUT2D eigenvalue weighted by Crippen LogP contribution is -2.36. The van der Waals surface area contributed by atoms with Crippen LogP contribution in [0, 0.1) is 0 Å². The van der Waals surface area contributed by atoms with E-state index in [1.54, 1.807) is 42.7 Å². The normalized spacial score (nSPS) is 12.1. The molecule has 0 fully saturated rings. The smallest absolute Gasteiger partial charge is 0.314 e. The largest absolute Gasteiger partial charge is 0.338 e. The molecule has 0 aliphatic carbocycles. The summed E-state index contributed by atoms with van der Waals surface area (Å²) in [7, 11) is 9.72. The first kappa shape index (κ1) is 41.0. The molecular formula is C33H68N2O7. The zero-order valence-electron chi connectivity index (χ0n) is 28.3. The summed E-state index contributed by atoms with van der Waals surface area (Å²) in [5, 5.41) is 5.99. The van der Waals surface area contributed by atoms with Gasteiger partial charge in [-0.25, -0.2) is 4.79 Å². The van der Waals surface area contributed by atoms with Gasteiger partial charge < -0.3 is 39.1 Å². The molecule has 0 rings (SSSR count). The van der Waals surface area contributed by atoms with Gasteiger partial charge in [-0.3, -0.25) is 0 Å². The van der Waals surface area contributed by atoms with Gasteiger partial charge in [-0.2, -0.15) is 0 Å². The molecule has 0 aromatic rings. The molecule has 2 N–H and O–H groups in total. The number of carbonyl (C=O) groups excluding carboxylic acids is 1. The summed E-state index contributed by atoms with van der Waals surface area (Å²) in [6.45, 7) is 1.54. The van der Waals surface area contributed by atoms with Crippen molar-refractivity contribution in [1.29, 1.82) is 0 Å². The first-order chi connectivity index (χ1) is 20.5. The Balaban J connectivity index is 3.35. The maximum Gasteiger partial charge on any atom is 0.314 e. The second kappa shape index (κ2) is 28.8. The van der Waals surface area contributed by atoms with Gasteiger partial charge in [-0.15, -0.1) is 0 Å². The molecule has 9 nitrogen and oxygen atoms in total. The SMILES string of the molecule is COC(CCCCCCCCCCCCNC(=O)NCCCCCCCCCCCCC(OC)(OC)OC)(OC)OC. The maximum absolute atomic E-state index is 12.0. The number of nitrogens with one attached hydrogen (secondary N) is 2. The number of urea groups is 1. The number of unbranched alkanes of at least 4 members (excludes halogenated alkanes) is 18. The van der Waals surface area contributed by atoms with Crippen LogP contribution in [0.15, 0.2) is 0 Å². The van der Waals surface area contributed by atoms with Gasteiger partial charge in [0.15, 0.2) is 0 Å². The third kappa shape index (κ3) is 21.7. The highest BCUT2D eigenvalue weighted by atomic mass is 16.9. The summed E-state index contributed by atoms with van der Waals surface area (Å²) in [6, 6.07) is -0.0209. The van der Waals surface area contributed by atoms with Gasteiger partial charge in [0.25, 0.3) is 11.9 Å². The molecule has 0 aromatic carbocycles. The van der Waals surface area contributed by atoms with E-state index in [1.807, 2.05) is 0 Å². The number of methoxy groups -OCH3 is 6. The summed E-state index contributed by atoms with van der Waals surface area (Å²) in [4.78, 5) is 12.0. The molecule has 0 heterocycles. The van der Waals surface area contributed by atoms with E-state index in [4.69, 9.17) is 28.4 Å². The molecule has 42 heavy (non-hydrogen) atoms. The van der Waals surface area contributed by atoms with Crippen molar-refractivity contribution in [3.8, 4) is 0 Å². The minimum absolute atomic E-state index is 0.0209. The maximum atomic E-state index is 12.0. The fourth-order valence-electron chi connectivity index (χ4n) is 5.34. The standard InChI is InChI=1S/C33H68N2O7/c1-37-32(38-2,39-3)27-23-19-15-11-7-9-13-17-21-25-29-34-31(36)35-30-26-22-18-14-10-8-12-16-20-24-28-33(40-4,41-5)42-6/h7-30H2,1-6H3,(H2,34,35,36). The molecule has 0 aliphatic rings. The lowest BCUT2D eigenvalue weighted by molar-refractivity contribution is -0.355. The van der Waals surface area contributed by atoms with Crippen molar-refractivity contribution < 1.29 is 33.2 Å². The fourth-order valence-corrected chi connectivity index (χ4v) is 5.34. The third-order valence-corrected chi connectivity index (χ3v) is 8.26. The summed E-state index contributed by atoms with van der Waals surface area (Å²) in [5.41, 5.74) is 0. The molecule has 252 valence electrons. The highest BCUT2D eigenvalue weighted by Gasteiger charge is 2.29. The number of rotatable bonds is 32. The molecule has 0 aliphatic heterocycles. The van der Waals surface area contributed by atoms with Crippen LogP contribution in [0.5, 0.6) is 0 Å². The topological polar surface area (TPSA) is 96.5 Å². The van der Waals surface area contributed by atoms with Gasteiger partial charge >= 0.3 is 6.03 Å². The van der Waals surface area contributed by atoms with Gasteiger partial charge in [0, 0.05) is 68.6 Å². The Morgan fingerprint density at radius 2 is 0.595 bits per heavy atom. The van der Waals surface area contributed by atoms with E-state index in [9.17, 15) is 4.79 Å². The Hall–Kier alpha value is -0.970. The van der Waals surface area contributed by atoms with Gasteiger partial charge in [0.2, 0.25) is 0 Å². The average molecular weight is 605 g/mol. The van der Waals surface area contributed by atoms with Crippen molar-refractivity contribution in [3.05, 3.63) is 0 Å². The van der Waals surface area contributed by atoms with Gasteiger partial charge in [-0.1, -0.05) is 103 Å². The van der Waals surface area contributed by atoms with E-state index in [2.05, 4.69) is 10.6 Å². The Morgan fingerprint density at radius 3 is 0.833 bits per heavy atom. The Bertz CT molecular complexity index is 522. The minimum atomic E-state index is -0.882. The van der Waals surface area contributed by atoms with Crippen molar-refractivity contribution in [2.24, 2.45) is 0 Å². The molecule has 0 spiro atoms. The Labute approximate surface area is 258 Å². The van der Waals surface area contributed by atoms with E-state index in [0.717, 1.165) is 51.6 Å². The molecule has 0 bridgehead atoms. The molecule has 0 unspecified atom stereocenters. The van der Waals surface area contributed by atoms with E-state index >= 15 is 0 Å².